The second-order valence-corrected chi connectivity index (χ2v) is 7.23. The molecule has 1 aliphatic rings. The molecule has 3 aromatic rings. The number of thiazole rings is 1. The van der Waals surface area contributed by atoms with E-state index in [0.717, 1.165) is 25.0 Å². The fraction of sp³-hybridized carbons (Fsp3) is 0.316. The number of carbonyl (C=O) groups is 1. The van der Waals surface area contributed by atoms with Gasteiger partial charge in [-0.15, -0.1) is 11.3 Å². The monoisotopic (exact) mass is 385 g/mol. The van der Waals surface area contributed by atoms with Crippen molar-refractivity contribution < 1.29 is 18.7 Å². The fourth-order valence-corrected chi connectivity index (χ4v) is 4.20. The third-order valence-corrected chi connectivity index (χ3v) is 5.57. The highest BCUT2D eigenvalue weighted by Crippen LogP contribution is 2.34. The van der Waals surface area contributed by atoms with Crippen LogP contribution in [0.25, 0.3) is 11.3 Å². The number of carbonyl (C=O) groups excluding carboxylic acids is 1. The van der Waals surface area contributed by atoms with Crippen molar-refractivity contribution in [2.24, 2.45) is 0 Å². The normalized spacial score (nSPS) is 13.1. The van der Waals surface area contributed by atoms with Gasteiger partial charge in [-0.05, 0) is 43.9 Å². The van der Waals surface area contributed by atoms with Crippen LogP contribution in [0.2, 0.25) is 0 Å². The van der Waals surface area contributed by atoms with Crippen molar-refractivity contribution in [1.82, 2.24) is 9.97 Å². The van der Waals surface area contributed by atoms with Crippen molar-refractivity contribution in [3.05, 3.63) is 40.9 Å². The highest BCUT2D eigenvalue weighted by atomic mass is 32.1. The molecule has 4 rings (SSSR count). The van der Waals surface area contributed by atoms with Crippen LogP contribution < -0.4 is 14.8 Å². The average molecular weight is 385 g/mol. The largest absolute Gasteiger partial charge is 0.493 e. The van der Waals surface area contributed by atoms with Crippen molar-refractivity contribution in [3.8, 4) is 22.8 Å². The topological polar surface area (TPSA) is 86.5 Å². The molecule has 0 fully saturated rings. The maximum Gasteiger partial charge on any atom is 0.280 e. The average Bonchev–Trinajstić information content (AvgIpc) is 3.33. The Balaban J connectivity index is 1.60. The molecule has 2 aromatic heterocycles. The van der Waals surface area contributed by atoms with E-state index in [1.165, 1.54) is 29.0 Å². The number of nitrogens with zero attached hydrogens (tertiary/aromatic N) is 2. The van der Waals surface area contributed by atoms with Gasteiger partial charge in [0, 0.05) is 10.4 Å². The second kappa shape index (κ2) is 7.40. The molecule has 2 heterocycles. The van der Waals surface area contributed by atoms with Gasteiger partial charge in [0.1, 0.15) is 0 Å². The summed E-state index contributed by atoms with van der Waals surface area (Å²) in [4.78, 5) is 22.6. The van der Waals surface area contributed by atoms with Crippen molar-refractivity contribution in [2.45, 2.75) is 25.7 Å². The van der Waals surface area contributed by atoms with E-state index < -0.39 is 0 Å². The Morgan fingerprint density at radius 3 is 2.78 bits per heavy atom. The fourth-order valence-electron chi connectivity index (χ4n) is 3.15. The third-order valence-electron chi connectivity index (χ3n) is 4.49. The minimum Gasteiger partial charge on any atom is -0.493 e. The quantitative estimate of drug-likeness (QED) is 0.716. The minimum atomic E-state index is -0.348. The van der Waals surface area contributed by atoms with Gasteiger partial charge in [0.05, 0.1) is 19.9 Å². The molecule has 0 saturated carbocycles. The summed E-state index contributed by atoms with van der Waals surface area (Å²) in [7, 11) is 3.12. The maximum atomic E-state index is 12.7. The summed E-state index contributed by atoms with van der Waals surface area (Å²) in [6.45, 7) is 0. The highest BCUT2D eigenvalue weighted by molar-refractivity contribution is 7.15. The Labute approximate surface area is 160 Å². The molecule has 7 nitrogen and oxygen atoms in total. The Morgan fingerprint density at radius 2 is 2.00 bits per heavy atom. The Kier molecular flexibility index (Phi) is 4.81. The van der Waals surface area contributed by atoms with Crippen molar-refractivity contribution in [1.29, 1.82) is 0 Å². The number of benzene rings is 1. The summed E-state index contributed by atoms with van der Waals surface area (Å²) in [6.07, 6.45) is 5.59. The summed E-state index contributed by atoms with van der Waals surface area (Å²) in [5.41, 5.74) is 1.98. The first-order chi connectivity index (χ1) is 13.2. The predicted molar refractivity (Wildman–Crippen MR) is 102 cm³/mol. The van der Waals surface area contributed by atoms with E-state index in [9.17, 15) is 4.79 Å². The smallest absolute Gasteiger partial charge is 0.280 e. The van der Waals surface area contributed by atoms with E-state index in [2.05, 4.69) is 15.3 Å². The zero-order valence-corrected chi connectivity index (χ0v) is 15.9. The van der Waals surface area contributed by atoms with Gasteiger partial charge in [0.2, 0.25) is 0 Å². The van der Waals surface area contributed by atoms with E-state index >= 15 is 0 Å². The lowest BCUT2D eigenvalue weighted by molar-refractivity contribution is 0.102. The third kappa shape index (κ3) is 3.40. The molecule has 0 radical (unpaired) electrons. The van der Waals surface area contributed by atoms with Gasteiger partial charge >= 0.3 is 0 Å². The van der Waals surface area contributed by atoms with Crippen LogP contribution in [0.1, 0.15) is 33.9 Å². The number of hydrogen-bond acceptors (Lipinski definition) is 7. The minimum absolute atomic E-state index is 0.204. The molecule has 0 saturated heterocycles. The highest BCUT2D eigenvalue weighted by Gasteiger charge is 2.22. The number of amides is 1. The van der Waals surface area contributed by atoms with Crippen LogP contribution in [0, 0.1) is 0 Å². The summed E-state index contributed by atoms with van der Waals surface area (Å²) in [5, 5.41) is 3.46. The lowest BCUT2D eigenvalue weighted by Crippen LogP contribution is -2.13. The molecule has 27 heavy (non-hydrogen) atoms. The van der Waals surface area contributed by atoms with Crippen LogP contribution >= 0.6 is 11.3 Å². The van der Waals surface area contributed by atoms with Gasteiger partial charge < -0.3 is 13.9 Å². The maximum absolute atomic E-state index is 12.7. The van der Waals surface area contributed by atoms with Crippen LogP contribution in [0.5, 0.6) is 11.5 Å². The molecule has 1 N–H and O–H groups in total. The number of oxazole rings is 1. The van der Waals surface area contributed by atoms with Crippen molar-refractivity contribution >= 4 is 22.4 Å². The van der Waals surface area contributed by atoms with Gasteiger partial charge in [-0.1, -0.05) is 0 Å². The van der Waals surface area contributed by atoms with Crippen LogP contribution in [0.15, 0.2) is 29.0 Å². The molecule has 0 aliphatic heterocycles. The summed E-state index contributed by atoms with van der Waals surface area (Å²) in [5.74, 6) is 1.17. The zero-order chi connectivity index (χ0) is 18.8. The molecule has 0 bridgehead atoms. The first-order valence-electron chi connectivity index (χ1n) is 8.65. The number of anilines is 1. The number of methoxy groups -OCH3 is 2. The van der Waals surface area contributed by atoms with Crippen LogP contribution in [-0.4, -0.2) is 30.1 Å². The molecule has 1 aromatic carbocycles. The standard InChI is InChI=1S/C19H19N3O4S/c1-24-13-8-7-11(9-14(13)25-2)17-16(20-10-26-17)18(23)22-19-21-12-5-3-4-6-15(12)27-19/h7-10H,3-6H2,1-2H3,(H,21,22,23). The molecule has 8 heteroatoms. The number of nitrogens with one attached hydrogen (secondary N) is 1. The molecule has 0 spiro atoms. The molecule has 1 amide bonds. The Morgan fingerprint density at radius 1 is 1.19 bits per heavy atom. The lowest BCUT2D eigenvalue weighted by atomic mass is 10.0. The second-order valence-electron chi connectivity index (χ2n) is 6.15. The number of aromatic nitrogens is 2. The molecule has 0 atom stereocenters. The van der Waals surface area contributed by atoms with E-state index in [-0.39, 0.29) is 11.6 Å². The van der Waals surface area contributed by atoms with Gasteiger partial charge in [0.25, 0.3) is 5.91 Å². The van der Waals surface area contributed by atoms with E-state index in [0.29, 0.717) is 28.0 Å². The Bertz CT molecular complexity index is 956. The van der Waals surface area contributed by atoms with Crippen LogP contribution in [-0.2, 0) is 12.8 Å². The van der Waals surface area contributed by atoms with E-state index in [1.807, 2.05) is 0 Å². The number of hydrogen-bond donors (Lipinski definition) is 1. The van der Waals surface area contributed by atoms with E-state index in [4.69, 9.17) is 13.9 Å². The number of aryl methyl sites for hydroxylation is 2. The van der Waals surface area contributed by atoms with Gasteiger partial charge in [-0.2, -0.15) is 0 Å². The molecular formula is C19H19N3O4S. The van der Waals surface area contributed by atoms with Gasteiger partial charge in [-0.25, -0.2) is 9.97 Å². The van der Waals surface area contributed by atoms with Crippen molar-refractivity contribution in [2.75, 3.05) is 19.5 Å². The van der Waals surface area contributed by atoms with Crippen LogP contribution in [0.4, 0.5) is 5.13 Å². The van der Waals surface area contributed by atoms with Crippen LogP contribution in [0.3, 0.4) is 0 Å². The number of rotatable bonds is 5. The Hall–Kier alpha value is -2.87. The zero-order valence-electron chi connectivity index (χ0n) is 15.1. The number of fused-ring (bicyclic) bond motifs is 1. The molecular weight excluding hydrogens is 366 g/mol. The molecule has 1 aliphatic carbocycles. The van der Waals surface area contributed by atoms with Gasteiger partial charge in [0.15, 0.2) is 34.5 Å². The predicted octanol–water partition coefficient (Wildman–Crippen LogP) is 3.95. The summed E-state index contributed by atoms with van der Waals surface area (Å²) in [6, 6.07) is 5.30. The molecule has 140 valence electrons. The summed E-state index contributed by atoms with van der Waals surface area (Å²) < 4.78 is 16.0. The first-order valence-corrected chi connectivity index (χ1v) is 9.47. The molecule has 0 unspecified atom stereocenters. The van der Waals surface area contributed by atoms with Gasteiger partial charge in [-0.3, -0.25) is 10.1 Å². The number of ether oxygens (including phenoxy) is 2. The SMILES string of the molecule is COc1ccc(-c2ocnc2C(=O)Nc2nc3c(s2)CCCC3)cc1OC. The van der Waals surface area contributed by atoms with E-state index in [1.54, 1.807) is 32.4 Å². The van der Waals surface area contributed by atoms with Crippen molar-refractivity contribution in [3.63, 3.8) is 0 Å². The lowest BCUT2D eigenvalue weighted by Gasteiger charge is -2.09. The first kappa shape index (κ1) is 17.5. The summed E-state index contributed by atoms with van der Waals surface area (Å²) >= 11 is 1.54.